The van der Waals surface area contributed by atoms with Crippen molar-refractivity contribution in [1.82, 2.24) is 29.9 Å². The number of nitrogens with zero attached hydrogens (tertiary/aromatic N) is 6. The molecule has 3 heterocycles. The number of rotatable bonds is 3. The quantitative estimate of drug-likeness (QED) is 0.0665. The van der Waals surface area contributed by atoms with Crippen LogP contribution in [0.4, 0.5) is 4.39 Å². The molecule has 6 aromatic rings. The van der Waals surface area contributed by atoms with E-state index in [1.807, 2.05) is 13.0 Å². The highest BCUT2D eigenvalue weighted by Gasteiger charge is 2.08. The molecule has 0 atom stereocenters. The van der Waals surface area contributed by atoms with Gasteiger partial charge in [0.05, 0.1) is 46.6 Å². The van der Waals surface area contributed by atoms with Crippen LogP contribution in [0.3, 0.4) is 0 Å². The minimum absolute atomic E-state index is 0.0940. The number of fused-ring (bicyclic) bond motifs is 3. The van der Waals surface area contributed by atoms with E-state index >= 15 is 0 Å². The number of amidine groups is 3. The lowest BCUT2D eigenvalue weighted by Crippen LogP contribution is -2.13. The van der Waals surface area contributed by atoms with Gasteiger partial charge < -0.3 is 47.8 Å². The highest BCUT2D eigenvalue weighted by molar-refractivity contribution is 6.01. The Morgan fingerprint density at radius 2 is 1.15 bits per heavy atom. The Kier molecular flexibility index (Phi) is 8.22. The van der Waals surface area contributed by atoms with E-state index in [9.17, 15) is 4.39 Å². The normalized spacial score (nSPS) is 12.2. The summed E-state index contributed by atoms with van der Waals surface area (Å²) >= 11 is 0. The summed E-state index contributed by atoms with van der Waals surface area (Å²) in [5, 5.41) is 34.0. The number of aryl methyl sites for hydroxylation is 1. The fourth-order valence-corrected chi connectivity index (χ4v) is 3.80. The summed E-state index contributed by atoms with van der Waals surface area (Å²) in [5.74, 6) is -0.452. The molecule has 0 fully saturated rings. The van der Waals surface area contributed by atoms with Gasteiger partial charge in [0.15, 0.2) is 23.3 Å². The topological polar surface area (TPSA) is 262 Å². The van der Waals surface area contributed by atoms with Gasteiger partial charge in [-0.05, 0) is 55.0 Å². The fraction of sp³-hybridized carbons (Fsp3) is 0.0400. The molecule has 15 nitrogen and oxygen atoms in total. The van der Waals surface area contributed by atoms with E-state index in [0.29, 0.717) is 22.2 Å². The third kappa shape index (κ3) is 6.11. The van der Waals surface area contributed by atoms with E-state index < -0.39 is 5.82 Å². The van der Waals surface area contributed by atoms with Gasteiger partial charge in [0.25, 0.3) is 0 Å². The van der Waals surface area contributed by atoms with Crippen molar-refractivity contribution in [3.8, 4) is 0 Å². The number of H-pyrrole nitrogens is 3. The summed E-state index contributed by atoms with van der Waals surface area (Å²) < 4.78 is 13.3. The van der Waals surface area contributed by atoms with Crippen molar-refractivity contribution in [3.63, 3.8) is 0 Å². The van der Waals surface area contributed by atoms with E-state index in [2.05, 4.69) is 45.4 Å². The molecule has 3 aromatic carbocycles. The largest absolute Gasteiger partial charge is 0.409 e. The molecule has 0 saturated heterocycles. The third-order valence-corrected chi connectivity index (χ3v) is 5.82. The van der Waals surface area contributed by atoms with Crippen LogP contribution in [0, 0.1) is 12.7 Å². The zero-order valence-corrected chi connectivity index (χ0v) is 21.4. The van der Waals surface area contributed by atoms with E-state index in [1.165, 1.54) is 6.33 Å². The summed E-state index contributed by atoms with van der Waals surface area (Å²) in [7, 11) is 0. The van der Waals surface area contributed by atoms with E-state index in [-0.39, 0.29) is 23.0 Å². The monoisotopic (exact) mass is 560 g/mol. The molecule has 3 aromatic heterocycles. The van der Waals surface area contributed by atoms with Gasteiger partial charge in [0.2, 0.25) is 0 Å². The lowest BCUT2D eigenvalue weighted by Gasteiger charge is -2.01. The number of imidazole rings is 3. The molecular formula is C25H25FN12O3. The lowest BCUT2D eigenvalue weighted by molar-refractivity contribution is 0.318. The first-order valence-electron chi connectivity index (χ1n) is 11.7. The van der Waals surface area contributed by atoms with E-state index in [4.69, 9.17) is 32.8 Å². The predicted octanol–water partition coefficient (Wildman–Crippen LogP) is 2.42. The Balaban J connectivity index is 0.000000142. The Bertz CT molecular complexity index is 1810. The number of hydrogen-bond donors (Lipinski definition) is 9. The smallest absolute Gasteiger partial charge is 0.170 e. The first-order valence-corrected chi connectivity index (χ1v) is 11.7. The summed E-state index contributed by atoms with van der Waals surface area (Å²) in [5.41, 5.74) is 23.1. The van der Waals surface area contributed by atoms with Gasteiger partial charge in [-0.15, -0.1) is 0 Å². The fourth-order valence-electron chi connectivity index (χ4n) is 3.80. The zero-order valence-electron chi connectivity index (χ0n) is 21.4. The molecule has 0 aliphatic carbocycles. The number of nitrogens with one attached hydrogen (secondary N) is 3. The van der Waals surface area contributed by atoms with Crippen molar-refractivity contribution in [2.24, 2.45) is 32.7 Å². The van der Waals surface area contributed by atoms with Crippen molar-refractivity contribution in [3.05, 3.63) is 89.5 Å². The van der Waals surface area contributed by atoms with Gasteiger partial charge in [0, 0.05) is 16.7 Å². The molecular weight excluding hydrogens is 535 g/mol. The summed E-state index contributed by atoms with van der Waals surface area (Å²) in [6.45, 7) is 1.93. The van der Waals surface area contributed by atoms with Crippen LogP contribution in [0.15, 0.2) is 76.9 Å². The molecule has 16 heteroatoms. The number of oxime groups is 3. The second kappa shape index (κ2) is 12.1. The van der Waals surface area contributed by atoms with E-state index in [0.717, 1.165) is 33.7 Å². The number of benzene rings is 3. The molecule has 0 unspecified atom stereocenters. The molecule has 0 spiro atoms. The summed E-state index contributed by atoms with van der Waals surface area (Å²) in [4.78, 5) is 20.6. The zero-order chi connectivity index (χ0) is 29.5. The molecule has 210 valence electrons. The van der Waals surface area contributed by atoms with Crippen LogP contribution in [0.2, 0.25) is 0 Å². The summed E-state index contributed by atoms with van der Waals surface area (Å²) in [6, 6.07) is 11.7. The van der Waals surface area contributed by atoms with Gasteiger partial charge in [-0.25, -0.2) is 19.3 Å². The number of halogens is 1. The minimum atomic E-state index is -0.509. The van der Waals surface area contributed by atoms with Gasteiger partial charge in [-0.1, -0.05) is 15.5 Å². The highest BCUT2D eigenvalue weighted by atomic mass is 19.1. The molecule has 41 heavy (non-hydrogen) atoms. The third-order valence-electron chi connectivity index (χ3n) is 5.82. The molecule has 0 radical (unpaired) electrons. The highest BCUT2D eigenvalue weighted by Crippen LogP contribution is 2.17. The molecule has 12 N–H and O–H groups in total. The predicted molar refractivity (Wildman–Crippen MR) is 151 cm³/mol. The van der Waals surface area contributed by atoms with Crippen molar-refractivity contribution >= 4 is 50.6 Å². The van der Waals surface area contributed by atoms with Crippen molar-refractivity contribution in [2.75, 3.05) is 0 Å². The molecule has 0 amide bonds. The maximum atomic E-state index is 13.3. The van der Waals surface area contributed by atoms with Crippen LogP contribution >= 0.6 is 0 Å². The van der Waals surface area contributed by atoms with Crippen LogP contribution in [0.1, 0.15) is 22.3 Å². The number of hydrogen-bond acceptors (Lipinski definition) is 9. The first-order chi connectivity index (χ1) is 19.7. The number of aromatic nitrogens is 6. The molecule has 0 aliphatic rings. The SMILES string of the molecule is Cc1cc(C(N)=NO)cc2[nH]cnc12.NC(=NO)c1cc(F)c2nc[nH]c2c1.NC(=NO)c1ccc2nc[nH]c2c1. The van der Waals surface area contributed by atoms with Crippen molar-refractivity contribution < 1.29 is 20.0 Å². The minimum Gasteiger partial charge on any atom is -0.409 e. The average Bonchev–Trinajstić information content (AvgIpc) is 3.77. The Hall–Kier alpha value is -6.19. The maximum Gasteiger partial charge on any atom is 0.170 e. The lowest BCUT2D eigenvalue weighted by atomic mass is 10.1. The Labute approximate surface area is 229 Å². The van der Waals surface area contributed by atoms with Crippen LogP contribution in [0.25, 0.3) is 33.1 Å². The van der Waals surface area contributed by atoms with Gasteiger partial charge in [-0.2, -0.15) is 0 Å². The second-order valence-electron chi connectivity index (χ2n) is 8.44. The standard InChI is InChI=1S/C9H10N4O.C8H7FN4O.C8H8N4O/c1-5-2-6(9(10)13-14)3-7-8(5)12-4-11-7;9-5-1-4(8(10)13-14)2-6-7(5)12-3-11-6;9-8(12-13)5-1-2-6-7(3-5)11-4-10-6/h2-4,14H,1H3,(H2,10,13)(H,11,12);1-3,14H,(H2,10,13)(H,11,12);1-4,13H,(H2,9,12)(H,10,11). The molecule has 6 rings (SSSR count). The van der Waals surface area contributed by atoms with E-state index in [1.54, 1.807) is 43.0 Å². The van der Waals surface area contributed by atoms with Crippen LogP contribution in [0.5, 0.6) is 0 Å². The van der Waals surface area contributed by atoms with Gasteiger partial charge in [0.1, 0.15) is 5.52 Å². The number of nitrogens with two attached hydrogens (primary N) is 3. The van der Waals surface area contributed by atoms with Crippen molar-refractivity contribution in [2.45, 2.75) is 6.92 Å². The van der Waals surface area contributed by atoms with Crippen LogP contribution < -0.4 is 17.2 Å². The average molecular weight is 561 g/mol. The Morgan fingerprint density at radius 3 is 1.78 bits per heavy atom. The molecule has 0 saturated carbocycles. The maximum absolute atomic E-state index is 13.3. The molecule has 0 aliphatic heterocycles. The van der Waals surface area contributed by atoms with Crippen LogP contribution in [-0.2, 0) is 0 Å². The second-order valence-corrected chi connectivity index (χ2v) is 8.44. The summed E-state index contributed by atoms with van der Waals surface area (Å²) in [6.07, 6.45) is 4.60. The van der Waals surface area contributed by atoms with Gasteiger partial charge in [-0.3, -0.25) is 0 Å². The molecule has 0 bridgehead atoms. The Morgan fingerprint density at radius 1 is 0.659 bits per heavy atom. The number of aromatic amines is 3. The van der Waals surface area contributed by atoms with Gasteiger partial charge >= 0.3 is 0 Å². The van der Waals surface area contributed by atoms with Crippen LogP contribution in [-0.4, -0.2) is 63.0 Å². The van der Waals surface area contributed by atoms with Crippen molar-refractivity contribution in [1.29, 1.82) is 0 Å². The first kappa shape index (κ1) is 27.8.